The molecule has 3 nitrogen and oxygen atoms in total. The van der Waals surface area contributed by atoms with E-state index in [9.17, 15) is 9.82 Å². The number of benzene rings is 2. The molecule has 0 unspecified atom stereocenters. The minimum Gasteiger partial charge on any atom is -0.423 e. The fourth-order valence-corrected chi connectivity index (χ4v) is 4.16. The van der Waals surface area contributed by atoms with Gasteiger partial charge in [0.15, 0.2) is 5.78 Å². The van der Waals surface area contributed by atoms with E-state index in [-0.39, 0.29) is 5.78 Å². The Balaban J connectivity index is 1.53. The second kappa shape index (κ2) is 6.51. The van der Waals surface area contributed by atoms with Crippen LogP contribution in [-0.2, 0) is 16.7 Å². The van der Waals surface area contributed by atoms with Gasteiger partial charge in [0.1, 0.15) is 0 Å². The zero-order valence-corrected chi connectivity index (χ0v) is 15.5. The molecule has 0 bridgehead atoms. The van der Waals surface area contributed by atoms with Gasteiger partial charge in [-0.05, 0) is 47.4 Å². The Bertz CT molecular complexity index is 946. The minimum atomic E-state index is -0.930. The van der Waals surface area contributed by atoms with E-state index in [4.69, 9.17) is 4.65 Å². The Morgan fingerprint density at radius 2 is 1.92 bits per heavy atom. The van der Waals surface area contributed by atoms with E-state index in [1.54, 1.807) is 11.3 Å². The molecule has 1 aliphatic heterocycles. The first-order chi connectivity index (χ1) is 12.4. The number of Topliss-reactive ketones (excluding diaryl/α,β-unsaturated/α-hetero) is 1. The molecule has 1 aromatic heterocycles. The van der Waals surface area contributed by atoms with Crippen molar-refractivity contribution in [1.29, 1.82) is 0 Å². The van der Waals surface area contributed by atoms with Crippen LogP contribution in [0, 0.1) is 0 Å². The van der Waals surface area contributed by atoms with Crippen molar-refractivity contribution < 1.29 is 14.5 Å². The van der Waals surface area contributed by atoms with Gasteiger partial charge >= 0.3 is 7.12 Å². The summed E-state index contributed by atoms with van der Waals surface area (Å²) in [5.41, 5.74) is 3.93. The predicted molar refractivity (Wildman–Crippen MR) is 106 cm³/mol. The van der Waals surface area contributed by atoms with Gasteiger partial charge in [-0.25, -0.2) is 0 Å². The zero-order valence-electron chi connectivity index (χ0n) is 14.7. The number of carbonyl (C=O) groups is 1. The summed E-state index contributed by atoms with van der Waals surface area (Å²) >= 11 is 1.68. The van der Waals surface area contributed by atoms with E-state index >= 15 is 0 Å². The van der Waals surface area contributed by atoms with Crippen LogP contribution in [0.4, 0.5) is 0 Å². The summed E-state index contributed by atoms with van der Waals surface area (Å²) in [5.74, 6) is 0.0651. The van der Waals surface area contributed by atoms with Crippen molar-refractivity contribution >= 4 is 29.7 Å². The largest absolute Gasteiger partial charge is 0.492 e. The molecular weight excluding hydrogens is 343 g/mol. The molecule has 4 rings (SSSR count). The number of hydrogen-bond donors (Lipinski definition) is 1. The van der Waals surface area contributed by atoms with Crippen LogP contribution < -0.4 is 5.46 Å². The van der Waals surface area contributed by atoms with Crippen LogP contribution in [0.15, 0.2) is 60.0 Å². The van der Waals surface area contributed by atoms with Gasteiger partial charge < -0.3 is 9.68 Å². The van der Waals surface area contributed by atoms with Crippen molar-refractivity contribution in [3.8, 4) is 10.4 Å². The van der Waals surface area contributed by atoms with Gasteiger partial charge in [-0.1, -0.05) is 48.5 Å². The lowest BCUT2D eigenvalue weighted by Gasteiger charge is -2.19. The van der Waals surface area contributed by atoms with Crippen LogP contribution in [0.3, 0.4) is 0 Å². The van der Waals surface area contributed by atoms with E-state index in [2.05, 4.69) is 6.07 Å². The van der Waals surface area contributed by atoms with E-state index in [0.717, 1.165) is 22.2 Å². The lowest BCUT2D eigenvalue weighted by atomic mass is 9.77. The van der Waals surface area contributed by atoms with Crippen LogP contribution in [-0.4, -0.2) is 17.9 Å². The highest BCUT2D eigenvalue weighted by Crippen LogP contribution is 2.30. The molecule has 3 aromatic rings. The fourth-order valence-electron chi connectivity index (χ4n) is 3.43. The summed E-state index contributed by atoms with van der Waals surface area (Å²) < 4.78 is 5.58. The third-order valence-electron chi connectivity index (χ3n) is 4.81. The molecule has 0 saturated heterocycles. The molecule has 1 aliphatic rings. The SMILES string of the molecule is CC1(C)OB(O)c2cc(CC(=O)c3ccc(-c4cccs4)cc3)ccc21. The van der Waals surface area contributed by atoms with Crippen molar-refractivity contribution in [3.63, 3.8) is 0 Å². The monoisotopic (exact) mass is 362 g/mol. The molecule has 1 N–H and O–H groups in total. The molecule has 0 atom stereocenters. The fraction of sp³-hybridized carbons (Fsp3) is 0.190. The third-order valence-corrected chi connectivity index (χ3v) is 5.73. The van der Waals surface area contributed by atoms with Crippen molar-refractivity contribution in [2.45, 2.75) is 25.9 Å². The summed E-state index contributed by atoms with van der Waals surface area (Å²) in [6, 6.07) is 17.6. The molecule has 2 aromatic carbocycles. The molecule has 0 amide bonds. The quantitative estimate of drug-likeness (QED) is 0.567. The van der Waals surface area contributed by atoms with Gasteiger partial charge in [0, 0.05) is 16.9 Å². The molecule has 0 spiro atoms. The molecule has 0 fully saturated rings. The molecule has 5 heteroatoms. The van der Waals surface area contributed by atoms with Crippen molar-refractivity contribution in [3.05, 3.63) is 76.7 Å². The van der Waals surface area contributed by atoms with E-state index in [0.29, 0.717) is 12.0 Å². The predicted octanol–water partition coefficient (Wildman–Crippen LogP) is 3.79. The number of rotatable bonds is 4. The molecule has 0 radical (unpaired) electrons. The average Bonchev–Trinajstić information content (AvgIpc) is 3.22. The highest BCUT2D eigenvalue weighted by Gasteiger charge is 2.40. The maximum atomic E-state index is 12.6. The number of carbonyl (C=O) groups excluding carboxylic acids is 1. The Labute approximate surface area is 157 Å². The first-order valence-electron chi connectivity index (χ1n) is 8.60. The van der Waals surface area contributed by atoms with Crippen LogP contribution in [0.1, 0.15) is 35.3 Å². The highest BCUT2D eigenvalue weighted by molar-refractivity contribution is 7.13. The Kier molecular flexibility index (Phi) is 4.31. The van der Waals surface area contributed by atoms with E-state index in [1.807, 2.05) is 67.8 Å². The first-order valence-corrected chi connectivity index (χ1v) is 9.48. The lowest BCUT2D eigenvalue weighted by molar-refractivity contribution is 0.0991. The molecule has 0 saturated carbocycles. The Morgan fingerprint density at radius 3 is 2.62 bits per heavy atom. The summed E-state index contributed by atoms with van der Waals surface area (Å²) in [4.78, 5) is 13.8. The van der Waals surface area contributed by atoms with E-state index < -0.39 is 12.7 Å². The standard InChI is InChI=1S/C21H19BO3S/c1-21(2)17-10-5-14(12-18(17)22(24)25-21)13-19(23)15-6-8-16(9-7-15)20-4-3-11-26-20/h3-12,24H,13H2,1-2H3. The Hall–Kier alpha value is -2.21. The summed E-state index contributed by atoms with van der Waals surface area (Å²) in [6.07, 6.45) is 0.304. The van der Waals surface area contributed by atoms with Gasteiger partial charge in [0.25, 0.3) is 0 Å². The average molecular weight is 362 g/mol. The maximum Gasteiger partial charge on any atom is 0.492 e. The zero-order chi connectivity index (χ0) is 18.3. The maximum absolute atomic E-state index is 12.6. The molecule has 130 valence electrons. The van der Waals surface area contributed by atoms with Crippen LogP contribution in [0.2, 0.25) is 0 Å². The summed E-state index contributed by atoms with van der Waals surface area (Å²) in [5, 5.41) is 12.2. The third kappa shape index (κ3) is 3.14. The number of thiophene rings is 1. The molecule has 2 heterocycles. The van der Waals surface area contributed by atoms with Crippen molar-refractivity contribution in [2.75, 3.05) is 0 Å². The topological polar surface area (TPSA) is 46.5 Å². The second-order valence-electron chi connectivity index (χ2n) is 7.06. The summed E-state index contributed by atoms with van der Waals surface area (Å²) in [6.45, 7) is 3.87. The molecule has 26 heavy (non-hydrogen) atoms. The van der Waals surface area contributed by atoms with Crippen LogP contribution in [0.5, 0.6) is 0 Å². The minimum absolute atomic E-state index is 0.0651. The summed E-state index contributed by atoms with van der Waals surface area (Å²) in [7, 11) is -0.930. The normalized spacial score (nSPS) is 15.1. The molecular formula is C21H19BO3S. The second-order valence-corrected chi connectivity index (χ2v) is 8.00. The van der Waals surface area contributed by atoms with Gasteiger partial charge in [0.05, 0.1) is 5.60 Å². The number of fused-ring (bicyclic) bond motifs is 1. The van der Waals surface area contributed by atoms with E-state index in [1.165, 1.54) is 4.88 Å². The number of hydrogen-bond acceptors (Lipinski definition) is 4. The Morgan fingerprint density at radius 1 is 1.15 bits per heavy atom. The first kappa shape index (κ1) is 17.2. The van der Waals surface area contributed by atoms with Crippen molar-refractivity contribution in [1.82, 2.24) is 0 Å². The van der Waals surface area contributed by atoms with Crippen LogP contribution in [0.25, 0.3) is 10.4 Å². The van der Waals surface area contributed by atoms with Crippen molar-refractivity contribution in [2.24, 2.45) is 0 Å². The van der Waals surface area contributed by atoms with Gasteiger partial charge in [-0.2, -0.15) is 0 Å². The van der Waals surface area contributed by atoms with Gasteiger partial charge in [-0.3, -0.25) is 4.79 Å². The lowest BCUT2D eigenvalue weighted by Crippen LogP contribution is -2.29. The highest BCUT2D eigenvalue weighted by atomic mass is 32.1. The van der Waals surface area contributed by atoms with Gasteiger partial charge in [0.2, 0.25) is 0 Å². The van der Waals surface area contributed by atoms with Gasteiger partial charge in [-0.15, -0.1) is 11.3 Å². The number of ketones is 1. The molecule has 0 aliphatic carbocycles. The van der Waals surface area contributed by atoms with Crippen LogP contribution >= 0.6 is 11.3 Å². The smallest absolute Gasteiger partial charge is 0.423 e.